The van der Waals surface area contributed by atoms with Crippen LogP contribution >= 0.6 is 0 Å². The molecular formula is C22H28N2. The molecule has 0 radical (unpaired) electrons. The maximum atomic E-state index is 6.13. The molecule has 1 aromatic heterocycles. The molecule has 0 aliphatic carbocycles. The summed E-state index contributed by atoms with van der Waals surface area (Å²) < 4.78 is 0. The molecule has 0 saturated carbocycles. The van der Waals surface area contributed by atoms with E-state index in [9.17, 15) is 0 Å². The molecule has 0 saturated heterocycles. The van der Waals surface area contributed by atoms with Crippen LogP contribution in [-0.4, -0.2) is 11.5 Å². The largest absolute Gasteiger partial charge is 0.361 e. The van der Waals surface area contributed by atoms with Crippen LogP contribution in [0.2, 0.25) is 0 Å². The Hall–Kier alpha value is -2.06. The minimum atomic E-state index is 0.195. The zero-order valence-corrected chi connectivity index (χ0v) is 15.2. The van der Waals surface area contributed by atoms with Crippen molar-refractivity contribution < 1.29 is 0 Å². The lowest BCUT2D eigenvalue weighted by molar-refractivity contribution is 0.589. The molecule has 0 aliphatic heterocycles. The third kappa shape index (κ3) is 3.39. The topological polar surface area (TPSA) is 41.8 Å². The number of aromatic amines is 1. The maximum absolute atomic E-state index is 6.13. The Balaban J connectivity index is 1.87. The fraction of sp³-hybridized carbons (Fsp3) is 0.364. The van der Waals surface area contributed by atoms with Gasteiger partial charge in [-0.25, -0.2) is 0 Å². The highest BCUT2D eigenvalue weighted by Gasteiger charge is 2.17. The molecule has 0 aliphatic rings. The van der Waals surface area contributed by atoms with Crippen molar-refractivity contribution in [1.82, 2.24) is 4.98 Å². The summed E-state index contributed by atoms with van der Waals surface area (Å²) in [6.45, 7) is 9.54. The van der Waals surface area contributed by atoms with Gasteiger partial charge in [0.15, 0.2) is 0 Å². The minimum Gasteiger partial charge on any atom is -0.361 e. The van der Waals surface area contributed by atoms with Crippen LogP contribution in [0.1, 0.15) is 48.9 Å². The highest BCUT2D eigenvalue weighted by Crippen LogP contribution is 2.29. The van der Waals surface area contributed by atoms with E-state index in [0.29, 0.717) is 12.5 Å². The smallest absolute Gasteiger partial charge is 0.0457 e. The van der Waals surface area contributed by atoms with Crippen LogP contribution in [0.15, 0.2) is 48.7 Å². The summed E-state index contributed by atoms with van der Waals surface area (Å²) in [5.41, 5.74) is 12.8. The Morgan fingerprint density at radius 2 is 1.75 bits per heavy atom. The number of nitrogens with one attached hydrogen (secondary N) is 1. The summed E-state index contributed by atoms with van der Waals surface area (Å²) >= 11 is 0. The first-order valence-electron chi connectivity index (χ1n) is 8.75. The number of aromatic nitrogens is 1. The summed E-state index contributed by atoms with van der Waals surface area (Å²) in [5, 5.41) is 1.30. The lowest BCUT2D eigenvalue weighted by atomic mass is 9.85. The van der Waals surface area contributed by atoms with Crippen LogP contribution in [0.5, 0.6) is 0 Å². The lowest BCUT2D eigenvalue weighted by Gasteiger charge is -2.20. The molecule has 3 N–H and O–H groups in total. The van der Waals surface area contributed by atoms with Crippen molar-refractivity contribution in [3.63, 3.8) is 0 Å². The number of nitrogens with two attached hydrogens (primary N) is 1. The molecule has 0 spiro atoms. The van der Waals surface area contributed by atoms with Gasteiger partial charge in [-0.1, -0.05) is 56.7 Å². The first kappa shape index (κ1) is 16.8. The second kappa shape index (κ2) is 6.45. The second-order valence-electron chi connectivity index (χ2n) is 7.88. The molecule has 0 bridgehead atoms. The SMILES string of the molecule is Cc1ccc2[nH]cc(C(CN)Cc3ccc(C(C)(C)C)cc3)c2c1. The van der Waals surface area contributed by atoms with Gasteiger partial charge >= 0.3 is 0 Å². The van der Waals surface area contributed by atoms with Crippen molar-refractivity contribution in [1.29, 1.82) is 0 Å². The molecule has 1 heterocycles. The van der Waals surface area contributed by atoms with Crippen LogP contribution in [-0.2, 0) is 11.8 Å². The zero-order valence-electron chi connectivity index (χ0n) is 15.2. The number of aryl methyl sites for hydroxylation is 1. The summed E-state index contributed by atoms with van der Waals surface area (Å²) in [5.74, 6) is 0.334. The normalized spacial score (nSPS) is 13.4. The van der Waals surface area contributed by atoms with Gasteiger partial charge in [0.05, 0.1) is 0 Å². The second-order valence-corrected chi connectivity index (χ2v) is 7.88. The molecule has 3 rings (SSSR count). The van der Waals surface area contributed by atoms with Crippen molar-refractivity contribution >= 4 is 10.9 Å². The van der Waals surface area contributed by atoms with Crippen LogP contribution in [0.3, 0.4) is 0 Å². The van der Waals surface area contributed by atoms with E-state index in [2.05, 4.69) is 81.3 Å². The van der Waals surface area contributed by atoms with Crippen LogP contribution < -0.4 is 5.73 Å². The summed E-state index contributed by atoms with van der Waals surface area (Å²) in [7, 11) is 0. The van der Waals surface area contributed by atoms with Gasteiger partial charge in [-0.05, 0) is 54.1 Å². The van der Waals surface area contributed by atoms with Crippen LogP contribution in [0, 0.1) is 6.92 Å². The predicted octanol–water partition coefficient (Wildman–Crippen LogP) is 5.06. The molecule has 0 fully saturated rings. The van der Waals surface area contributed by atoms with E-state index in [4.69, 9.17) is 5.73 Å². The van der Waals surface area contributed by atoms with E-state index >= 15 is 0 Å². The van der Waals surface area contributed by atoms with Crippen molar-refractivity contribution in [3.05, 3.63) is 70.9 Å². The minimum absolute atomic E-state index is 0.195. The fourth-order valence-corrected chi connectivity index (χ4v) is 3.34. The maximum Gasteiger partial charge on any atom is 0.0457 e. The van der Waals surface area contributed by atoms with E-state index in [1.54, 1.807) is 0 Å². The van der Waals surface area contributed by atoms with Gasteiger partial charge in [0.1, 0.15) is 0 Å². The number of benzene rings is 2. The molecule has 3 aromatic rings. The van der Waals surface area contributed by atoms with E-state index in [1.165, 1.54) is 33.2 Å². The van der Waals surface area contributed by atoms with Gasteiger partial charge in [0.2, 0.25) is 0 Å². The van der Waals surface area contributed by atoms with Crippen LogP contribution in [0.25, 0.3) is 10.9 Å². The Morgan fingerprint density at radius 3 is 2.38 bits per heavy atom. The van der Waals surface area contributed by atoms with Gasteiger partial charge in [-0.3, -0.25) is 0 Å². The fourth-order valence-electron chi connectivity index (χ4n) is 3.34. The van der Waals surface area contributed by atoms with Gasteiger partial charge in [-0.2, -0.15) is 0 Å². The quantitative estimate of drug-likeness (QED) is 0.693. The highest BCUT2D eigenvalue weighted by atomic mass is 14.7. The van der Waals surface area contributed by atoms with E-state index in [-0.39, 0.29) is 5.41 Å². The summed E-state index contributed by atoms with van der Waals surface area (Å²) in [4.78, 5) is 3.39. The molecule has 2 heteroatoms. The van der Waals surface area contributed by atoms with Crippen molar-refractivity contribution in [2.45, 2.75) is 45.4 Å². The Bertz CT molecular complexity index is 819. The van der Waals surface area contributed by atoms with Gasteiger partial charge < -0.3 is 10.7 Å². The third-order valence-electron chi connectivity index (χ3n) is 4.90. The van der Waals surface area contributed by atoms with E-state index in [1.807, 2.05) is 0 Å². The standard InChI is InChI=1S/C22H28N2/c1-15-5-10-21-19(11-15)20(14-24-21)17(13-23)12-16-6-8-18(9-7-16)22(2,3)4/h5-11,14,17,24H,12-13,23H2,1-4H3. The van der Waals surface area contributed by atoms with Crippen molar-refractivity contribution in [2.75, 3.05) is 6.54 Å². The summed E-state index contributed by atoms with van der Waals surface area (Å²) in [6, 6.07) is 15.6. The van der Waals surface area contributed by atoms with Gasteiger partial charge in [-0.15, -0.1) is 0 Å². The Morgan fingerprint density at radius 1 is 1.04 bits per heavy atom. The average molecular weight is 320 g/mol. The van der Waals surface area contributed by atoms with E-state index < -0.39 is 0 Å². The molecule has 1 unspecified atom stereocenters. The molecule has 0 amide bonds. The van der Waals surface area contributed by atoms with Crippen molar-refractivity contribution in [3.8, 4) is 0 Å². The zero-order chi connectivity index (χ0) is 17.3. The van der Waals surface area contributed by atoms with E-state index in [0.717, 1.165) is 6.42 Å². The molecule has 126 valence electrons. The first-order chi connectivity index (χ1) is 11.4. The molecule has 2 aromatic carbocycles. The number of rotatable bonds is 4. The third-order valence-corrected chi connectivity index (χ3v) is 4.90. The highest BCUT2D eigenvalue weighted by molar-refractivity contribution is 5.84. The number of H-pyrrole nitrogens is 1. The molecule has 24 heavy (non-hydrogen) atoms. The first-order valence-corrected chi connectivity index (χ1v) is 8.75. The monoisotopic (exact) mass is 320 g/mol. The average Bonchev–Trinajstić information content (AvgIpc) is 2.95. The number of fused-ring (bicyclic) bond motifs is 1. The number of hydrogen-bond acceptors (Lipinski definition) is 1. The Labute approximate surface area is 145 Å². The summed E-state index contributed by atoms with van der Waals surface area (Å²) in [6.07, 6.45) is 3.10. The lowest BCUT2D eigenvalue weighted by Crippen LogP contribution is -2.15. The van der Waals surface area contributed by atoms with Gasteiger partial charge in [0, 0.05) is 23.0 Å². The molecule has 2 nitrogen and oxygen atoms in total. The predicted molar refractivity (Wildman–Crippen MR) is 104 cm³/mol. The molecule has 1 atom stereocenters. The van der Waals surface area contributed by atoms with Crippen LogP contribution in [0.4, 0.5) is 0 Å². The van der Waals surface area contributed by atoms with Gasteiger partial charge in [0.25, 0.3) is 0 Å². The van der Waals surface area contributed by atoms with Crippen molar-refractivity contribution in [2.24, 2.45) is 5.73 Å². The Kier molecular flexibility index (Phi) is 4.51. The number of hydrogen-bond donors (Lipinski definition) is 2. The molecular weight excluding hydrogens is 292 g/mol.